The van der Waals surface area contributed by atoms with Crippen LogP contribution in [0.3, 0.4) is 0 Å². The Morgan fingerprint density at radius 3 is 2.35 bits per heavy atom. The average Bonchev–Trinajstić information content (AvgIpc) is 3.03. The monoisotopic (exact) mass is 458 g/mol. The lowest BCUT2D eigenvalue weighted by molar-refractivity contribution is -0.136. The fraction of sp³-hybridized carbons (Fsp3) is 0.136. The van der Waals surface area contributed by atoms with Crippen LogP contribution in [-0.2, 0) is 9.59 Å². The van der Waals surface area contributed by atoms with Gasteiger partial charge in [0.25, 0.3) is 0 Å². The molecule has 2 N–H and O–H groups in total. The molecule has 2 amide bonds. The second-order valence-corrected chi connectivity index (χ2v) is 7.46. The van der Waals surface area contributed by atoms with Crippen LogP contribution in [0.2, 0.25) is 10.0 Å². The van der Waals surface area contributed by atoms with Gasteiger partial charge in [-0.3, -0.25) is 9.59 Å². The minimum absolute atomic E-state index is 0.456. The predicted octanol–water partition coefficient (Wildman–Crippen LogP) is 4.50. The Hall–Kier alpha value is -3.29. The van der Waals surface area contributed by atoms with Crippen molar-refractivity contribution in [1.82, 2.24) is 9.99 Å². The maximum Gasteiger partial charge on any atom is 0.329 e. The Balaban J connectivity index is 1.67. The van der Waals surface area contributed by atoms with E-state index in [9.17, 15) is 9.59 Å². The van der Waals surface area contributed by atoms with Gasteiger partial charge in [-0.15, -0.1) is 0 Å². The van der Waals surface area contributed by atoms with Crippen LogP contribution < -0.4 is 15.5 Å². The number of hydrazone groups is 1. The maximum atomic E-state index is 12.0. The number of methoxy groups -OCH3 is 1. The van der Waals surface area contributed by atoms with Gasteiger partial charge in [-0.05, 0) is 62.4 Å². The molecule has 0 atom stereocenters. The molecule has 9 heteroatoms. The van der Waals surface area contributed by atoms with Crippen LogP contribution in [0.4, 0.5) is 5.69 Å². The van der Waals surface area contributed by atoms with E-state index in [-0.39, 0.29) is 0 Å². The number of ether oxygens (including phenoxy) is 1. The summed E-state index contributed by atoms with van der Waals surface area (Å²) in [6, 6.07) is 13.9. The van der Waals surface area contributed by atoms with Crippen LogP contribution in [0.1, 0.15) is 17.0 Å². The van der Waals surface area contributed by atoms with E-state index in [2.05, 4.69) is 15.8 Å². The summed E-state index contributed by atoms with van der Waals surface area (Å²) in [4.78, 5) is 24.0. The van der Waals surface area contributed by atoms with Crippen molar-refractivity contribution in [1.29, 1.82) is 0 Å². The van der Waals surface area contributed by atoms with E-state index in [1.54, 1.807) is 43.5 Å². The topological polar surface area (TPSA) is 84.7 Å². The van der Waals surface area contributed by atoms with Gasteiger partial charge in [0.05, 0.1) is 23.4 Å². The Kier molecular flexibility index (Phi) is 6.99. The molecule has 3 aromatic rings. The van der Waals surface area contributed by atoms with E-state index in [0.717, 1.165) is 22.6 Å². The second-order valence-electron chi connectivity index (χ2n) is 6.64. The maximum absolute atomic E-state index is 12.0. The van der Waals surface area contributed by atoms with E-state index < -0.39 is 11.8 Å². The lowest BCUT2D eigenvalue weighted by Crippen LogP contribution is -2.32. The molecule has 0 saturated carbocycles. The van der Waals surface area contributed by atoms with Crippen molar-refractivity contribution in [3.8, 4) is 11.4 Å². The summed E-state index contributed by atoms with van der Waals surface area (Å²) < 4.78 is 7.04. The second kappa shape index (κ2) is 9.68. The van der Waals surface area contributed by atoms with Crippen LogP contribution in [0.25, 0.3) is 5.69 Å². The molecular formula is C22H20Cl2N4O3. The Morgan fingerprint density at radius 2 is 1.71 bits per heavy atom. The Bertz CT molecular complexity index is 1150. The Labute approximate surface area is 189 Å². The van der Waals surface area contributed by atoms with Gasteiger partial charge in [-0.1, -0.05) is 23.2 Å². The molecule has 3 rings (SSSR count). The number of hydrogen-bond acceptors (Lipinski definition) is 4. The van der Waals surface area contributed by atoms with Gasteiger partial charge in [0, 0.05) is 28.3 Å². The Morgan fingerprint density at radius 1 is 1.00 bits per heavy atom. The number of aryl methyl sites for hydroxylation is 1. The first-order chi connectivity index (χ1) is 14.8. The molecule has 0 saturated heterocycles. The molecule has 0 unspecified atom stereocenters. The SMILES string of the molecule is COc1ccc(NC(=O)C(=O)N/N=C\c2cc(C)n(-c3ccc(Cl)c(Cl)c3)c2C)cc1. The van der Waals surface area contributed by atoms with Crippen molar-refractivity contribution >= 4 is 46.9 Å². The highest BCUT2D eigenvalue weighted by atomic mass is 35.5. The third kappa shape index (κ3) is 5.25. The van der Waals surface area contributed by atoms with E-state index in [0.29, 0.717) is 21.5 Å². The molecule has 0 spiro atoms. The number of carbonyl (C=O) groups is 2. The summed E-state index contributed by atoms with van der Waals surface area (Å²) in [5.74, 6) is -1.07. The number of nitrogens with zero attached hydrogens (tertiary/aromatic N) is 2. The third-order valence-electron chi connectivity index (χ3n) is 4.56. The smallest absolute Gasteiger partial charge is 0.329 e. The zero-order valence-electron chi connectivity index (χ0n) is 17.1. The largest absolute Gasteiger partial charge is 0.497 e. The first kappa shape index (κ1) is 22.4. The fourth-order valence-electron chi connectivity index (χ4n) is 3.01. The number of aromatic nitrogens is 1. The third-order valence-corrected chi connectivity index (χ3v) is 5.29. The van der Waals surface area contributed by atoms with Gasteiger partial charge in [-0.25, -0.2) is 5.43 Å². The van der Waals surface area contributed by atoms with Crippen LogP contribution in [0.5, 0.6) is 5.75 Å². The van der Waals surface area contributed by atoms with Crippen LogP contribution in [0, 0.1) is 13.8 Å². The normalized spacial score (nSPS) is 10.9. The van der Waals surface area contributed by atoms with Gasteiger partial charge in [0.15, 0.2) is 0 Å². The molecule has 1 heterocycles. The minimum Gasteiger partial charge on any atom is -0.497 e. The zero-order chi connectivity index (χ0) is 22.5. The molecule has 0 aliphatic rings. The summed E-state index contributed by atoms with van der Waals surface area (Å²) in [6.07, 6.45) is 1.48. The standard InChI is InChI=1S/C22H20Cl2N4O3/c1-13-10-15(14(2)28(13)17-6-9-19(23)20(24)11-17)12-25-27-22(30)21(29)26-16-4-7-18(31-3)8-5-16/h4-12H,1-3H3,(H,26,29)(H,27,30)/b25-12-. The summed E-state index contributed by atoms with van der Waals surface area (Å²) in [5.41, 5.74) is 6.16. The first-order valence-corrected chi connectivity index (χ1v) is 9.98. The molecule has 31 heavy (non-hydrogen) atoms. The van der Waals surface area contributed by atoms with Crippen LogP contribution in [0.15, 0.2) is 53.6 Å². The average molecular weight is 459 g/mol. The van der Waals surface area contributed by atoms with E-state index in [1.165, 1.54) is 6.21 Å². The van der Waals surface area contributed by atoms with Crippen molar-refractivity contribution in [2.24, 2.45) is 5.10 Å². The molecule has 7 nitrogen and oxygen atoms in total. The minimum atomic E-state index is -0.884. The summed E-state index contributed by atoms with van der Waals surface area (Å²) in [6.45, 7) is 3.85. The number of nitrogens with one attached hydrogen (secondary N) is 2. The van der Waals surface area contributed by atoms with E-state index in [4.69, 9.17) is 27.9 Å². The number of rotatable bonds is 5. The van der Waals surface area contributed by atoms with Crippen molar-refractivity contribution < 1.29 is 14.3 Å². The summed E-state index contributed by atoms with van der Waals surface area (Å²) in [7, 11) is 1.54. The van der Waals surface area contributed by atoms with Crippen molar-refractivity contribution in [2.45, 2.75) is 13.8 Å². The van der Waals surface area contributed by atoms with Gasteiger partial charge in [0.2, 0.25) is 0 Å². The molecule has 0 fully saturated rings. The molecule has 0 bridgehead atoms. The van der Waals surface area contributed by atoms with Crippen LogP contribution >= 0.6 is 23.2 Å². The number of amides is 2. The zero-order valence-corrected chi connectivity index (χ0v) is 18.6. The van der Waals surface area contributed by atoms with Crippen LogP contribution in [-0.4, -0.2) is 29.7 Å². The quantitative estimate of drug-likeness (QED) is 0.335. The van der Waals surface area contributed by atoms with Gasteiger partial charge in [-0.2, -0.15) is 5.10 Å². The summed E-state index contributed by atoms with van der Waals surface area (Å²) >= 11 is 12.1. The highest BCUT2D eigenvalue weighted by molar-refractivity contribution is 6.42. The van der Waals surface area contributed by atoms with Crippen molar-refractivity contribution in [3.63, 3.8) is 0 Å². The molecule has 160 valence electrons. The molecular weight excluding hydrogens is 439 g/mol. The highest BCUT2D eigenvalue weighted by Gasteiger charge is 2.14. The molecule has 0 aliphatic carbocycles. The van der Waals surface area contributed by atoms with Gasteiger partial charge < -0.3 is 14.6 Å². The van der Waals surface area contributed by atoms with Gasteiger partial charge in [0.1, 0.15) is 5.75 Å². The molecule has 1 aromatic heterocycles. The lowest BCUT2D eigenvalue weighted by Gasteiger charge is -2.10. The highest BCUT2D eigenvalue weighted by Crippen LogP contribution is 2.27. The number of hydrogen-bond donors (Lipinski definition) is 2. The van der Waals surface area contributed by atoms with Gasteiger partial charge >= 0.3 is 11.8 Å². The number of anilines is 1. The lowest BCUT2D eigenvalue weighted by atomic mass is 10.2. The number of halogens is 2. The first-order valence-electron chi connectivity index (χ1n) is 9.23. The number of carbonyl (C=O) groups excluding carboxylic acids is 2. The number of benzene rings is 2. The fourth-order valence-corrected chi connectivity index (χ4v) is 3.31. The summed E-state index contributed by atoms with van der Waals surface area (Å²) in [5, 5.41) is 7.33. The molecule has 2 aromatic carbocycles. The van der Waals surface area contributed by atoms with E-state index in [1.807, 2.05) is 30.5 Å². The molecule has 0 aliphatic heterocycles. The van der Waals surface area contributed by atoms with E-state index >= 15 is 0 Å². The van der Waals surface area contributed by atoms with Crippen molar-refractivity contribution in [3.05, 3.63) is 75.5 Å². The predicted molar refractivity (Wildman–Crippen MR) is 123 cm³/mol. The van der Waals surface area contributed by atoms with Crippen molar-refractivity contribution in [2.75, 3.05) is 12.4 Å². The molecule has 0 radical (unpaired) electrons.